The summed E-state index contributed by atoms with van der Waals surface area (Å²) < 4.78 is 1.79. The van der Waals surface area contributed by atoms with Gasteiger partial charge in [-0.2, -0.15) is 5.10 Å². The average Bonchev–Trinajstić information content (AvgIpc) is 2.83. The van der Waals surface area contributed by atoms with E-state index in [0.717, 1.165) is 22.3 Å². The zero-order valence-electron chi connectivity index (χ0n) is 10.7. The molecule has 0 atom stereocenters. The van der Waals surface area contributed by atoms with Crippen molar-refractivity contribution in [2.24, 2.45) is 7.05 Å². The maximum atomic E-state index is 5.93. The highest BCUT2D eigenvalue weighted by Crippen LogP contribution is 2.25. The van der Waals surface area contributed by atoms with Gasteiger partial charge in [0.15, 0.2) is 0 Å². The zero-order chi connectivity index (χ0) is 13.2. The highest BCUT2D eigenvalue weighted by molar-refractivity contribution is 5.97. The van der Waals surface area contributed by atoms with Gasteiger partial charge in [-0.3, -0.25) is 9.67 Å². The van der Waals surface area contributed by atoms with Crippen molar-refractivity contribution in [2.75, 3.05) is 11.1 Å². The number of hydrogen-bond donors (Lipinski definition) is 2. The van der Waals surface area contributed by atoms with E-state index in [1.54, 1.807) is 10.9 Å². The second-order valence-electron chi connectivity index (χ2n) is 4.44. The molecule has 2 aromatic heterocycles. The van der Waals surface area contributed by atoms with Gasteiger partial charge in [0.1, 0.15) is 0 Å². The van der Waals surface area contributed by atoms with E-state index in [4.69, 9.17) is 5.73 Å². The molecule has 0 fully saturated rings. The Morgan fingerprint density at radius 1 is 1.26 bits per heavy atom. The van der Waals surface area contributed by atoms with Crippen molar-refractivity contribution < 1.29 is 0 Å². The standard InChI is InChI=1S/C14H15N5/c1-19-8-6-10(18-19)9-17-13-5-7-16-14-11(13)3-2-4-12(14)15/h2-8H,9,15H2,1H3,(H,16,17). The molecule has 0 unspecified atom stereocenters. The van der Waals surface area contributed by atoms with Crippen molar-refractivity contribution in [1.29, 1.82) is 0 Å². The maximum Gasteiger partial charge on any atom is 0.0951 e. The van der Waals surface area contributed by atoms with E-state index < -0.39 is 0 Å². The van der Waals surface area contributed by atoms with Gasteiger partial charge < -0.3 is 11.1 Å². The van der Waals surface area contributed by atoms with Crippen molar-refractivity contribution in [3.8, 4) is 0 Å². The van der Waals surface area contributed by atoms with Gasteiger partial charge in [-0.05, 0) is 18.2 Å². The predicted molar refractivity (Wildman–Crippen MR) is 76.7 cm³/mol. The molecule has 0 spiro atoms. The molecular formula is C14H15N5. The number of nitrogens with zero attached hydrogens (tertiary/aromatic N) is 3. The third kappa shape index (κ3) is 2.22. The average molecular weight is 253 g/mol. The number of aryl methyl sites for hydroxylation is 1. The molecule has 0 amide bonds. The van der Waals surface area contributed by atoms with Crippen LogP contribution in [-0.4, -0.2) is 14.8 Å². The first kappa shape index (κ1) is 11.5. The summed E-state index contributed by atoms with van der Waals surface area (Å²) in [6, 6.07) is 9.75. The van der Waals surface area contributed by atoms with E-state index in [2.05, 4.69) is 15.4 Å². The van der Waals surface area contributed by atoms with Crippen LogP contribution in [0.2, 0.25) is 0 Å². The second-order valence-corrected chi connectivity index (χ2v) is 4.44. The fraction of sp³-hybridized carbons (Fsp3) is 0.143. The molecule has 5 nitrogen and oxygen atoms in total. The summed E-state index contributed by atoms with van der Waals surface area (Å²) >= 11 is 0. The molecule has 1 aromatic carbocycles. The Bertz CT molecular complexity index is 717. The zero-order valence-corrected chi connectivity index (χ0v) is 10.7. The summed E-state index contributed by atoms with van der Waals surface area (Å²) in [4.78, 5) is 4.32. The number of nitrogens with two attached hydrogens (primary N) is 1. The fourth-order valence-electron chi connectivity index (χ4n) is 2.10. The van der Waals surface area contributed by atoms with Crippen molar-refractivity contribution in [3.05, 3.63) is 48.4 Å². The Morgan fingerprint density at radius 3 is 2.95 bits per heavy atom. The number of nitrogen functional groups attached to an aromatic ring is 1. The van der Waals surface area contributed by atoms with Crippen LogP contribution in [0.15, 0.2) is 42.7 Å². The molecule has 0 saturated heterocycles. The molecule has 3 rings (SSSR count). The Morgan fingerprint density at radius 2 is 2.16 bits per heavy atom. The number of aromatic nitrogens is 3. The van der Waals surface area contributed by atoms with E-state index >= 15 is 0 Å². The number of rotatable bonds is 3. The Balaban J connectivity index is 1.91. The minimum atomic E-state index is 0.675. The van der Waals surface area contributed by atoms with Gasteiger partial charge >= 0.3 is 0 Å². The minimum absolute atomic E-state index is 0.675. The smallest absolute Gasteiger partial charge is 0.0951 e. The lowest BCUT2D eigenvalue weighted by atomic mass is 10.1. The predicted octanol–water partition coefficient (Wildman–Crippen LogP) is 2.16. The van der Waals surface area contributed by atoms with Crippen LogP contribution in [0.1, 0.15) is 5.69 Å². The van der Waals surface area contributed by atoms with Gasteiger partial charge in [0, 0.05) is 30.5 Å². The summed E-state index contributed by atoms with van der Waals surface area (Å²) in [5, 5.41) is 8.74. The topological polar surface area (TPSA) is 68.8 Å². The monoisotopic (exact) mass is 253 g/mol. The van der Waals surface area contributed by atoms with Crippen LogP contribution in [0.4, 0.5) is 11.4 Å². The highest BCUT2D eigenvalue weighted by Gasteiger charge is 2.04. The lowest BCUT2D eigenvalue weighted by Crippen LogP contribution is -2.02. The van der Waals surface area contributed by atoms with Gasteiger partial charge in [-0.25, -0.2) is 0 Å². The summed E-state index contributed by atoms with van der Waals surface area (Å²) in [6.07, 6.45) is 3.69. The molecule has 19 heavy (non-hydrogen) atoms. The van der Waals surface area contributed by atoms with Crippen LogP contribution in [-0.2, 0) is 13.6 Å². The molecule has 3 aromatic rings. The highest BCUT2D eigenvalue weighted by atomic mass is 15.3. The molecule has 0 saturated carbocycles. The summed E-state index contributed by atoms with van der Waals surface area (Å²) in [7, 11) is 1.91. The fourth-order valence-corrected chi connectivity index (χ4v) is 2.10. The van der Waals surface area contributed by atoms with Crippen LogP contribution in [0.3, 0.4) is 0 Å². The van der Waals surface area contributed by atoms with Gasteiger partial charge in [0.25, 0.3) is 0 Å². The normalized spacial score (nSPS) is 10.8. The van der Waals surface area contributed by atoms with Crippen molar-refractivity contribution >= 4 is 22.3 Å². The molecule has 0 radical (unpaired) electrons. The number of fused-ring (bicyclic) bond motifs is 1. The first-order chi connectivity index (χ1) is 9.24. The molecule has 5 heteroatoms. The molecular weight excluding hydrogens is 238 g/mol. The Labute approximate surface area is 111 Å². The quantitative estimate of drug-likeness (QED) is 0.702. The van der Waals surface area contributed by atoms with Crippen molar-refractivity contribution in [3.63, 3.8) is 0 Å². The largest absolute Gasteiger partial charge is 0.397 e. The van der Waals surface area contributed by atoms with E-state index in [1.807, 2.05) is 43.6 Å². The number of anilines is 2. The summed E-state index contributed by atoms with van der Waals surface area (Å²) in [5.74, 6) is 0. The second kappa shape index (κ2) is 4.61. The third-order valence-corrected chi connectivity index (χ3v) is 3.03. The van der Waals surface area contributed by atoms with E-state index in [-0.39, 0.29) is 0 Å². The first-order valence-electron chi connectivity index (χ1n) is 6.09. The first-order valence-corrected chi connectivity index (χ1v) is 6.09. The molecule has 0 aliphatic carbocycles. The van der Waals surface area contributed by atoms with Gasteiger partial charge in [0.2, 0.25) is 0 Å². The third-order valence-electron chi connectivity index (χ3n) is 3.03. The Kier molecular flexibility index (Phi) is 2.79. The molecule has 96 valence electrons. The number of benzene rings is 1. The number of para-hydroxylation sites is 1. The van der Waals surface area contributed by atoms with Gasteiger partial charge in [-0.1, -0.05) is 12.1 Å². The van der Waals surface area contributed by atoms with Crippen LogP contribution in [0, 0.1) is 0 Å². The SMILES string of the molecule is Cn1ccc(CNc2ccnc3c(N)cccc23)n1. The minimum Gasteiger partial charge on any atom is -0.397 e. The van der Waals surface area contributed by atoms with Crippen LogP contribution in [0.5, 0.6) is 0 Å². The molecule has 0 bridgehead atoms. The number of pyridine rings is 1. The maximum absolute atomic E-state index is 5.93. The number of hydrogen-bond acceptors (Lipinski definition) is 4. The molecule has 0 aliphatic heterocycles. The van der Waals surface area contributed by atoms with Crippen LogP contribution >= 0.6 is 0 Å². The molecule has 2 heterocycles. The van der Waals surface area contributed by atoms with Crippen molar-refractivity contribution in [2.45, 2.75) is 6.54 Å². The van der Waals surface area contributed by atoms with Crippen molar-refractivity contribution in [1.82, 2.24) is 14.8 Å². The number of nitrogens with one attached hydrogen (secondary N) is 1. The lowest BCUT2D eigenvalue weighted by Gasteiger charge is -2.09. The molecule has 3 N–H and O–H groups in total. The van der Waals surface area contributed by atoms with Crippen LogP contribution in [0.25, 0.3) is 10.9 Å². The van der Waals surface area contributed by atoms with Gasteiger partial charge in [-0.15, -0.1) is 0 Å². The molecule has 0 aliphatic rings. The summed E-state index contributed by atoms with van der Waals surface area (Å²) in [5.41, 5.74) is 9.46. The van der Waals surface area contributed by atoms with Crippen LogP contribution < -0.4 is 11.1 Å². The van der Waals surface area contributed by atoms with E-state index in [0.29, 0.717) is 12.2 Å². The Hall–Kier alpha value is -2.56. The summed E-state index contributed by atoms with van der Waals surface area (Å²) in [6.45, 7) is 0.675. The van der Waals surface area contributed by atoms with E-state index in [1.165, 1.54) is 0 Å². The lowest BCUT2D eigenvalue weighted by molar-refractivity contribution is 0.747. The van der Waals surface area contributed by atoms with Gasteiger partial charge in [0.05, 0.1) is 23.4 Å². The van der Waals surface area contributed by atoms with E-state index in [9.17, 15) is 0 Å².